The van der Waals surface area contributed by atoms with E-state index in [1.807, 2.05) is 36.1 Å². The molecule has 2 aliphatic heterocycles. The molecule has 4 rings (SSSR count). The number of amides is 3. The van der Waals surface area contributed by atoms with Crippen molar-refractivity contribution >= 4 is 17.7 Å². The zero-order valence-corrected chi connectivity index (χ0v) is 17.0. The lowest BCUT2D eigenvalue weighted by molar-refractivity contribution is 0.0671. The van der Waals surface area contributed by atoms with E-state index in [9.17, 15) is 14.4 Å². The Morgan fingerprint density at radius 3 is 2.57 bits per heavy atom. The Balaban J connectivity index is 1.58. The first-order valence-electron chi connectivity index (χ1n) is 10.2. The zero-order valence-electron chi connectivity index (χ0n) is 17.0. The predicted molar refractivity (Wildman–Crippen MR) is 113 cm³/mol. The number of hydrogen-bond acceptors (Lipinski definition) is 4. The number of likely N-dealkylation sites (tertiary alicyclic amines) is 1. The van der Waals surface area contributed by atoms with Crippen LogP contribution in [0.2, 0.25) is 0 Å². The quantitative estimate of drug-likeness (QED) is 0.542. The molecule has 2 aromatic rings. The van der Waals surface area contributed by atoms with Crippen LogP contribution in [0.4, 0.5) is 0 Å². The van der Waals surface area contributed by atoms with Crippen LogP contribution in [0.1, 0.15) is 62.4 Å². The molecule has 2 aromatic carbocycles. The van der Waals surface area contributed by atoms with Crippen LogP contribution in [-0.2, 0) is 0 Å². The van der Waals surface area contributed by atoms with Crippen LogP contribution in [-0.4, -0.2) is 47.2 Å². The van der Waals surface area contributed by atoms with Gasteiger partial charge in [0, 0.05) is 18.7 Å². The molecule has 1 atom stereocenters. The molecule has 0 aromatic heterocycles. The van der Waals surface area contributed by atoms with Crippen LogP contribution in [0.15, 0.2) is 55.1 Å². The average Bonchev–Trinajstić information content (AvgIpc) is 3.34. The summed E-state index contributed by atoms with van der Waals surface area (Å²) in [5.74, 6) is -0.0454. The maximum Gasteiger partial charge on any atom is 0.261 e. The van der Waals surface area contributed by atoms with Crippen molar-refractivity contribution in [1.29, 1.82) is 0 Å². The molecule has 0 bridgehead atoms. The molecule has 6 heteroatoms. The number of fused-ring (bicyclic) bond motifs is 1. The molecule has 154 valence electrons. The Hall–Kier alpha value is -3.41. The van der Waals surface area contributed by atoms with Gasteiger partial charge in [-0.15, -0.1) is 6.58 Å². The highest BCUT2D eigenvalue weighted by Crippen LogP contribution is 2.34. The second kappa shape index (κ2) is 8.14. The molecule has 0 aliphatic carbocycles. The van der Waals surface area contributed by atoms with Crippen molar-refractivity contribution < 1.29 is 19.1 Å². The molecule has 30 heavy (non-hydrogen) atoms. The first kappa shape index (κ1) is 19.9. The van der Waals surface area contributed by atoms with E-state index in [1.165, 1.54) is 6.08 Å². The fourth-order valence-electron chi connectivity index (χ4n) is 4.19. The van der Waals surface area contributed by atoms with Crippen molar-refractivity contribution in [2.45, 2.75) is 25.8 Å². The number of imide groups is 1. The third kappa shape index (κ3) is 3.38. The Bertz CT molecular complexity index is 1010. The van der Waals surface area contributed by atoms with E-state index in [1.54, 1.807) is 18.2 Å². The molecule has 0 unspecified atom stereocenters. The summed E-state index contributed by atoms with van der Waals surface area (Å²) >= 11 is 0. The number of rotatable bonds is 6. The first-order chi connectivity index (χ1) is 14.5. The number of carbonyl (C=O) groups is 3. The summed E-state index contributed by atoms with van der Waals surface area (Å²) in [6, 6.07) is 12.6. The fraction of sp³-hybridized carbons (Fsp3) is 0.292. The Morgan fingerprint density at radius 2 is 1.87 bits per heavy atom. The van der Waals surface area contributed by atoms with Crippen molar-refractivity contribution in [1.82, 2.24) is 9.80 Å². The fourth-order valence-corrected chi connectivity index (χ4v) is 4.19. The largest absolute Gasteiger partial charge is 0.494 e. The van der Waals surface area contributed by atoms with Gasteiger partial charge >= 0.3 is 0 Å². The Kier molecular flexibility index (Phi) is 5.40. The molecule has 0 N–H and O–H groups in total. The van der Waals surface area contributed by atoms with Crippen LogP contribution in [0.3, 0.4) is 0 Å². The van der Waals surface area contributed by atoms with Gasteiger partial charge in [0.2, 0.25) is 0 Å². The van der Waals surface area contributed by atoms with Crippen LogP contribution in [0.25, 0.3) is 0 Å². The van der Waals surface area contributed by atoms with E-state index in [-0.39, 0.29) is 35.9 Å². The number of benzene rings is 2. The molecule has 2 aliphatic rings. The van der Waals surface area contributed by atoms with Gasteiger partial charge in [-0.3, -0.25) is 19.3 Å². The SMILES string of the molecule is C=CCN1C(=O)c2ccc(C(=O)N3CCC[C@H]3c3ccc(OCC)cc3)cc2C1=O. The summed E-state index contributed by atoms with van der Waals surface area (Å²) in [6.07, 6.45) is 3.31. The van der Waals surface area contributed by atoms with E-state index in [0.29, 0.717) is 24.3 Å². The molecule has 2 heterocycles. The average molecular weight is 404 g/mol. The van der Waals surface area contributed by atoms with E-state index in [0.717, 1.165) is 29.1 Å². The molecule has 1 fully saturated rings. The van der Waals surface area contributed by atoms with Gasteiger partial charge in [0.25, 0.3) is 17.7 Å². The molecule has 0 spiro atoms. The number of ether oxygens (including phenoxy) is 1. The summed E-state index contributed by atoms with van der Waals surface area (Å²) in [6.45, 7) is 6.95. The minimum atomic E-state index is -0.381. The highest BCUT2D eigenvalue weighted by atomic mass is 16.5. The molecule has 1 saturated heterocycles. The lowest BCUT2D eigenvalue weighted by Gasteiger charge is -2.25. The van der Waals surface area contributed by atoms with Crippen LogP contribution >= 0.6 is 0 Å². The zero-order chi connectivity index (χ0) is 21.3. The Labute approximate surface area is 175 Å². The normalized spacial score (nSPS) is 18.0. The minimum Gasteiger partial charge on any atom is -0.494 e. The second-order valence-corrected chi connectivity index (χ2v) is 7.43. The van der Waals surface area contributed by atoms with Crippen molar-refractivity contribution in [3.63, 3.8) is 0 Å². The lowest BCUT2D eigenvalue weighted by atomic mass is 10.0. The summed E-state index contributed by atoms with van der Waals surface area (Å²) in [5, 5.41) is 0. The van der Waals surface area contributed by atoms with Crippen LogP contribution in [0.5, 0.6) is 5.75 Å². The maximum atomic E-state index is 13.3. The number of carbonyl (C=O) groups excluding carboxylic acids is 3. The van der Waals surface area contributed by atoms with Gasteiger partial charge in [0.15, 0.2) is 0 Å². The van der Waals surface area contributed by atoms with Crippen molar-refractivity contribution in [2.75, 3.05) is 19.7 Å². The van der Waals surface area contributed by atoms with Crippen molar-refractivity contribution in [2.24, 2.45) is 0 Å². The second-order valence-electron chi connectivity index (χ2n) is 7.43. The smallest absolute Gasteiger partial charge is 0.261 e. The van der Waals surface area contributed by atoms with Gasteiger partial charge in [0.05, 0.1) is 23.8 Å². The maximum absolute atomic E-state index is 13.3. The number of nitrogens with zero attached hydrogens (tertiary/aromatic N) is 2. The first-order valence-corrected chi connectivity index (χ1v) is 10.2. The van der Waals surface area contributed by atoms with Gasteiger partial charge in [-0.05, 0) is 55.7 Å². The van der Waals surface area contributed by atoms with Gasteiger partial charge in [-0.25, -0.2) is 0 Å². The van der Waals surface area contributed by atoms with Crippen molar-refractivity contribution in [3.05, 3.63) is 77.4 Å². The van der Waals surface area contributed by atoms with E-state index >= 15 is 0 Å². The summed E-state index contributed by atoms with van der Waals surface area (Å²) in [4.78, 5) is 41.2. The van der Waals surface area contributed by atoms with E-state index in [2.05, 4.69) is 6.58 Å². The topological polar surface area (TPSA) is 66.9 Å². The molecular formula is C24H24N2O4. The summed E-state index contributed by atoms with van der Waals surface area (Å²) in [7, 11) is 0. The monoisotopic (exact) mass is 404 g/mol. The highest BCUT2D eigenvalue weighted by molar-refractivity contribution is 6.22. The highest BCUT2D eigenvalue weighted by Gasteiger charge is 2.36. The van der Waals surface area contributed by atoms with E-state index in [4.69, 9.17) is 4.74 Å². The molecule has 0 saturated carbocycles. The minimum absolute atomic E-state index is 0.0176. The molecule has 0 radical (unpaired) electrons. The van der Waals surface area contributed by atoms with Gasteiger partial charge < -0.3 is 9.64 Å². The van der Waals surface area contributed by atoms with E-state index < -0.39 is 0 Å². The van der Waals surface area contributed by atoms with Gasteiger partial charge in [0.1, 0.15) is 5.75 Å². The molecule has 6 nitrogen and oxygen atoms in total. The van der Waals surface area contributed by atoms with Crippen LogP contribution in [0, 0.1) is 0 Å². The third-order valence-corrected chi connectivity index (χ3v) is 5.62. The van der Waals surface area contributed by atoms with Gasteiger partial charge in [-0.1, -0.05) is 18.2 Å². The lowest BCUT2D eigenvalue weighted by Crippen LogP contribution is -2.31. The standard InChI is InChI=1S/C24H24N2O4/c1-3-13-26-23(28)19-12-9-17(15-20(19)24(26)29)22(27)25-14-5-6-21(25)16-7-10-18(11-8-16)30-4-2/h3,7-12,15,21H,1,4-6,13-14H2,2H3/t21-/m0/s1. The number of hydrogen-bond donors (Lipinski definition) is 0. The molecular weight excluding hydrogens is 380 g/mol. The predicted octanol–water partition coefficient (Wildman–Crippen LogP) is 3.84. The van der Waals surface area contributed by atoms with Crippen LogP contribution < -0.4 is 4.74 Å². The summed E-state index contributed by atoms with van der Waals surface area (Å²) in [5.41, 5.74) is 2.11. The summed E-state index contributed by atoms with van der Waals surface area (Å²) < 4.78 is 5.50. The van der Waals surface area contributed by atoms with Crippen molar-refractivity contribution in [3.8, 4) is 5.75 Å². The third-order valence-electron chi connectivity index (χ3n) is 5.62. The Morgan fingerprint density at radius 1 is 1.13 bits per heavy atom. The molecule has 3 amide bonds. The van der Waals surface area contributed by atoms with Gasteiger partial charge in [-0.2, -0.15) is 0 Å².